The second-order valence-electron chi connectivity index (χ2n) is 8.53. The predicted octanol–water partition coefficient (Wildman–Crippen LogP) is 4.45. The number of hydrogen-bond acceptors (Lipinski definition) is 8. The standard InChI is InChI=1S/C26H27N3O5S/c1-16-10-18(29-34-16)15-28-26(31)33-21-8-9-22-23(14-27)24(35-25(22)13-21)12-19(30)7-6-17-4-3-5-20(11-17)32-2/h3-5,10-11,21H,6-9,12-13,15H2,1-2H3,(H,28,31). The number of aromatic nitrogens is 1. The van der Waals surface area contributed by atoms with Crippen LogP contribution in [-0.4, -0.2) is 30.2 Å². The van der Waals surface area contributed by atoms with E-state index in [1.165, 1.54) is 11.3 Å². The van der Waals surface area contributed by atoms with E-state index in [0.29, 0.717) is 49.1 Å². The van der Waals surface area contributed by atoms with E-state index in [1.54, 1.807) is 20.1 Å². The van der Waals surface area contributed by atoms with E-state index in [-0.39, 0.29) is 24.9 Å². The predicted molar refractivity (Wildman–Crippen MR) is 129 cm³/mol. The van der Waals surface area contributed by atoms with Crippen molar-refractivity contribution in [1.82, 2.24) is 10.5 Å². The number of aryl methyl sites for hydroxylation is 2. The Balaban J connectivity index is 1.32. The molecule has 0 bridgehead atoms. The van der Waals surface area contributed by atoms with Crippen LogP contribution in [0.25, 0.3) is 0 Å². The third-order valence-corrected chi connectivity index (χ3v) is 7.21. The highest BCUT2D eigenvalue weighted by atomic mass is 32.1. The smallest absolute Gasteiger partial charge is 0.407 e. The van der Waals surface area contributed by atoms with E-state index >= 15 is 0 Å². The highest BCUT2D eigenvalue weighted by molar-refractivity contribution is 7.12. The molecule has 1 aliphatic carbocycles. The number of ether oxygens (including phenoxy) is 2. The molecule has 0 saturated carbocycles. The number of ketones is 1. The molecule has 1 aromatic carbocycles. The molecular formula is C26H27N3O5S. The first kappa shape index (κ1) is 24.5. The molecule has 0 saturated heterocycles. The number of alkyl carbamates (subject to hydrolysis) is 1. The minimum Gasteiger partial charge on any atom is -0.497 e. The van der Waals surface area contributed by atoms with E-state index in [1.807, 2.05) is 24.3 Å². The minimum atomic E-state index is -0.510. The van der Waals surface area contributed by atoms with Gasteiger partial charge in [0.2, 0.25) is 0 Å². The van der Waals surface area contributed by atoms with E-state index in [9.17, 15) is 14.9 Å². The van der Waals surface area contributed by atoms with Gasteiger partial charge in [0.05, 0.1) is 19.2 Å². The van der Waals surface area contributed by atoms with Gasteiger partial charge < -0.3 is 19.3 Å². The van der Waals surface area contributed by atoms with Crippen LogP contribution in [0, 0.1) is 18.3 Å². The summed E-state index contributed by atoms with van der Waals surface area (Å²) in [7, 11) is 1.62. The molecule has 1 amide bonds. The summed E-state index contributed by atoms with van der Waals surface area (Å²) in [4.78, 5) is 26.7. The van der Waals surface area contributed by atoms with Gasteiger partial charge in [0.25, 0.3) is 0 Å². The van der Waals surface area contributed by atoms with Gasteiger partial charge in [0.15, 0.2) is 0 Å². The van der Waals surface area contributed by atoms with E-state index in [0.717, 1.165) is 26.6 Å². The van der Waals surface area contributed by atoms with Gasteiger partial charge >= 0.3 is 6.09 Å². The van der Waals surface area contributed by atoms with Crippen molar-refractivity contribution in [2.24, 2.45) is 0 Å². The maximum atomic E-state index is 12.7. The molecule has 35 heavy (non-hydrogen) atoms. The van der Waals surface area contributed by atoms with Gasteiger partial charge in [-0.2, -0.15) is 5.26 Å². The highest BCUT2D eigenvalue weighted by Crippen LogP contribution is 2.35. The molecule has 8 nitrogen and oxygen atoms in total. The normalized spacial score (nSPS) is 14.6. The number of nitriles is 1. The molecule has 1 atom stereocenters. The zero-order valence-electron chi connectivity index (χ0n) is 19.8. The fourth-order valence-corrected chi connectivity index (χ4v) is 5.60. The van der Waals surface area contributed by atoms with Crippen molar-refractivity contribution >= 4 is 23.2 Å². The summed E-state index contributed by atoms with van der Waals surface area (Å²) in [6, 6.07) is 11.7. The summed E-state index contributed by atoms with van der Waals surface area (Å²) in [5.41, 5.74) is 3.28. The van der Waals surface area contributed by atoms with Gasteiger partial charge in [-0.05, 0) is 49.4 Å². The van der Waals surface area contributed by atoms with Crippen molar-refractivity contribution in [3.8, 4) is 11.8 Å². The number of nitrogens with zero attached hydrogens (tertiary/aromatic N) is 2. The molecule has 1 unspecified atom stereocenters. The number of nitrogens with one attached hydrogen (secondary N) is 1. The van der Waals surface area contributed by atoms with Gasteiger partial charge in [-0.1, -0.05) is 17.3 Å². The van der Waals surface area contributed by atoms with Crippen molar-refractivity contribution in [1.29, 1.82) is 5.26 Å². The molecule has 0 fully saturated rings. The van der Waals surface area contributed by atoms with Crippen LogP contribution in [-0.2, 0) is 41.8 Å². The lowest BCUT2D eigenvalue weighted by Crippen LogP contribution is -2.31. The number of rotatable bonds is 9. The first-order chi connectivity index (χ1) is 16.9. The third-order valence-electron chi connectivity index (χ3n) is 5.95. The molecule has 1 aliphatic rings. The quantitative estimate of drug-likeness (QED) is 0.468. The van der Waals surface area contributed by atoms with Crippen LogP contribution < -0.4 is 10.1 Å². The molecule has 182 valence electrons. The van der Waals surface area contributed by atoms with Crippen molar-refractivity contribution < 1.29 is 23.6 Å². The molecule has 4 rings (SSSR count). The molecule has 0 aliphatic heterocycles. The van der Waals surface area contributed by atoms with Gasteiger partial charge in [0.1, 0.15) is 35.2 Å². The first-order valence-electron chi connectivity index (χ1n) is 11.5. The summed E-state index contributed by atoms with van der Waals surface area (Å²) in [6.45, 7) is 2.02. The summed E-state index contributed by atoms with van der Waals surface area (Å²) in [6.07, 6.45) is 2.31. The van der Waals surface area contributed by atoms with Crippen LogP contribution in [0.3, 0.4) is 0 Å². The summed E-state index contributed by atoms with van der Waals surface area (Å²) >= 11 is 1.49. The van der Waals surface area contributed by atoms with Gasteiger partial charge in [-0.25, -0.2) is 4.79 Å². The number of carbonyl (C=O) groups is 2. The fourth-order valence-electron chi connectivity index (χ4n) is 4.20. The Kier molecular flexibility index (Phi) is 7.83. The first-order valence-corrected chi connectivity index (χ1v) is 12.3. The summed E-state index contributed by atoms with van der Waals surface area (Å²) < 4.78 is 15.8. The van der Waals surface area contributed by atoms with Crippen molar-refractivity contribution in [2.75, 3.05) is 7.11 Å². The Morgan fingerprint density at radius 3 is 2.94 bits per heavy atom. The molecular weight excluding hydrogens is 466 g/mol. The lowest BCUT2D eigenvalue weighted by molar-refractivity contribution is -0.118. The molecule has 1 N–H and O–H groups in total. The molecule has 0 radical (unpaired) electrons. The van der Waals surface area contributed by atoms with E-state index in [4.69, 9.17) is 14.0 Å². The maximum Gasteiger partial charge on any atom is 0.407 e. The number of carbonyl (C=O) groups excluding carboxylic acids is 2. The number of amides is 1. The lowest BCUT2D eigenvalue weighted by atomic mass is 9.92. The molecule has 2 aromatic heterocycles. The summed E-state index contributed by atoms with van der Waals surface area (Å²) in [5, 5.41) is 16.3. The van der Waals surface area contributed by atoms with Crippen LogP contribution in [0.15, 0.2) is 34.9 Å². The SMILES string of the molecule is COc1cccc(CCC(=O)Cc2sc3c(c2C#N)CCC(OC(=O)NCc2cc(C)on2)C3)c1. The van der Waals surface area contributed by atoms with Gasteiger partial charge in [-0.3, -0.25) is 4.79 Å². The Morgan fingerprint density at radius 2 is 2.20 bits per heavy atom. The number of fused-ring (bicyclic) bond motifs is 1. The largest absolute Gasteiger partial charge is 0.497 e. The molecule has 9 heteroatoms. The van der Waals surface area contributed by atoms with Crippen LogP contribution in [0.4, 0.5) is 4.79 Å². The molecule has 3 aromatic rings. The highest BCUT2D eigenvalue weighted by Gasteiger charge is 2.28. The van der Waals surface area contributed by atoms with Gasteiger partial charge in [-0.15, -0.1) is 11.3 Å². The Morgan fingerprint density at radius 1 is 1.34 bits per heavy atom. The lowest BCUT2D eigenvalue weighted by Gasteiger charge is -2.22. The Labute approximate surface area is 207 Å². The average Bonchev–Trinajstić information content (AvgIpc) is 3.43. The maximum absolute atomic E-state index is 12.7. The minimum absolute atomic E-state index is 0.0955. The van der Waals surface area contributed by atoms with Crippen LogP contribution in [0.2, 0.25) is 0 Å². The zero-order valence-corrected chi connectivity index (χ0v) is 20.6. The van der Waals surface area contributed by atoms with Crippen LogP contribution in [0.5, 0.6) is 5.75 Å². The van der Waals surface area contributed by atoms with Crippen molar-refractivity contribution in [3.63, 3.8) is 0 Å². The third kappa shape index (κ3) is 6.28. The second-order valence-corrected chi connectivity index (χ2v) is 9.72. The number of methoxy groups -OCH3 is 1. The van der Waals surface area contributed by atoms with Crippen LogP contribution in [0.1, 0.15) is 50.7 Å². The topological polar surface area (TPSA) is 114 Å². The monoisotopic (exact) mass is 493 g/mol. The molecule has 0 spiro atoms. The fraction of sp³-hybridized carbons (Fsp3) is 0.385. The van der Waals surface area contributed by atoms with Gasteiger partial charge in [0, 0.05) is 35.1 Å². The summed E-state index contributed by atoms with van der Waals surface area (Å²) in [5.74, 6) is 1.54. The molecule has 2 heterocycles. The number of thiophene rings is 1. The second kappa shape index (κ2) is 11.2. The Hall–Kier alpha value is -3.64. The number of Topliss-reactive ketones (excluding diaryl/α,β-unsaturated/α-hetero) is 1. The van der Waals surface area contributed by atoms with E-state index in [2.05, 4.69) is 16.5 Å². The van der Waals surface area contributed by atoms with Crippen molar-refractivity contribution in [3.05, 3.63) is 68.2 Å². The number of hydrogen-bond donors (Lipinski definition) is 1. The van der Waals surface area contributed by atoms with Crippen LogP contribution >= 0.6 is 11.3 Å². The zero-order chi connectivity index (χ0) is 24.8. The van der Waals surface area contributed by atoms with E-state index < -0.39 is 6.09 Å². The number of benzene rings is 1. The Bertz CT molecular complexity index is 1260. The average molecular weight is 494 g/mol. The van der Waals surface area contributed by atoms with Crippen molar-refractivity contribution in [2.45, 2.75) is 58.1 Å².